The number of nitrogens with zero attached hydrogens (tertiary/aromatic N) is 1. The predicted molar refractivity (Wildman–Crippen MR) is 54.9 cm³/mol. The van der Waals surface area contributed by atoms with Gasteiger partial charge in [-0.15, -0.1) is 0 Å². The fourth-order valence-electron chi connectivity index (χ4n) is 1.68. The van der Waals surface area contributed by atoms with E-state index < -0.39 is 0 Å². The molecular formula is C10H20N2O2. The van der Waals surface area contributed by atoms with E-state index in [-0.39, 0.29) is 18.1 Å². The van der Waals surface area contributed by atoms with E-state index in [1.165, 1.54) is 0 Å². The molecule has 0 saturated carbocycles. The average molecular weight is 200 g/mol. The van der Waals surface area contributed by atoms with Crippen molar-refractivity contribution in [2.45, 2.75) is 38.8 Å². The van der Waals surface area contributed by atoms with E-state index in [9.17, 15) is 4.79 Å². The number of hydrogen-bond acceptors (Lipinski definition) is 3. The minimum Gasteiger partial charge on any atom is -0.367 e. The van der Waals surface area contributed by atoms with E-state index in [0.29, 0.717) is 13.2 Å². The van der Waals surface area contributed by atoms with Gasteiger partial charge in [0.2, 0.25) is 0 Å². The maximum absolute atomic E-state index is 11.8. The highest BCUT2D eigenvalue weighted by Gasteiger charge is 2.30. The molecule has 1 fully saturated rings. The van der Waals surface area contributed by atoms with Crippen LogP contribution < -0.4 is 5.73 Å². The van der Waals surface area contributed by atoms with Crippen LogP contribution in [0.5, 0.6) is 0 Å². The molecule has 1 heterocycles. The fraction of sp³-hybridized carbons (Fsp3) is 0.900. The Labute approximate surface area is 85.4 Å². The van der Waals surface area contributed by atoms with Crippen LogP contribution >= 0.6 is 0 Å². The van der Waals surface area contributed by atoms with Crippen LogP contribution in [0, 0.1) is 0 Å². The van der Waals surface area contributed by atoms with Gasteiger partial charge in [0.25, 0.3) is 5.91 Å². The Bertz CT molecular complexity index is 195. The van der Waals surface area contributed by atoms with Crippen molar-refractivity contribution in [1.82, 2.24) is 4.90 Å². The molecule has 0 aromatic heterocycles. The molecule has 1 unspecified atom stereocenters. The van der Waals surface area contributed by atoms with E-state index in [0.717, 1.165) is 19.4 Å². The number of ether oxygens (including phenoxy) is 1. The molecule has 1 aliphatic rings. The minimum absolute atomic E-state index is 0.125. The normalized spacial score (nSPS) is 23.3. The van der Waals surface area contributed by atoms with Gasteiger partial charge in [-0.2, -0.15) is 0 Å². The predicted octanol–water partition coefficient (Wildman–Crippen LogP) is 0.361. The highest BCUT2D eigenvalue weighted by atomic mass is 16.5. The number of carbonyl (C=O) groups is 1. The Morgan fingerprint density at radius 2 is 2.36 bits per heavy atom. The number of carbonyl (C=O) groups excluding carboxylic acids is 1. The quantitative estimate of drug-likeness (QED) is 0.713. The van der Waals surface area contributed by atoms with Crippen LogP contribution in [0.4, 0.5) is 0 Å². The number of nitrogens with two attached hydrogens (primary N) is 1. The summed E-state index contributed by atoms with van der Waals surface area (Å²) in [6, 6.07) is 0.270. The zero-order valence-electron chi connectivity index (χ0n) is 9.03. The summed E-state index contributed by atoms with van der Waals surface area (Å²) in [4.78, 5) is 13.7. The van der Waals surface area contributed by atoms with Crippen LogP contribution in [-0.2, 0) is 9.53 Å². The van der Waals surface area contributed by atoms with Crippen molar-refractivity contribution in [3.63, 3.8) is 0 Å². The third kappa shape index (κ3) is 2.69. The van der Waals surface area contributed by atoms with E-state index >= 15 is 0 Å². The molecule has 0 spiro atoms. The van der Waals surface area contributed by atoms with Crippen molar-refractivity contribution in [2.75, 3.05) is 19.7 Å². The molecule has 0 aliphatic carbocycles. The van der Waals surface area contributed by atoms with Crippen LogP contribution in [0.3, 0.4) is 0 Å². The van der Waals surface area contributed by atoms with Crippen LogP contribution in [-0.4, -0.2) is 42.6 Å². The lowest BCUT2D eigenvalue weighted by Crippen LogP contribution is -2.50. The molecule has 2 N–H and O–H groups in total. The van der Waals surface area contributed by atoms with Crippen LogP contribution in [0.25, 0.3) is 0 Å². The second kappa shape index (κ2) is 5.32. The lowest BCUT2D eigenvalue weighted by molar-refractivity contribution is -0.155. The number of morpholine rings is 1. The molecular weight excluding hydrogens is 180 g/mol. The molecule has 0 aromatic carbocycles. The zero-order chi connectivity index (χ0) is 10.6. The Hall–Kier alpha value is -0.610. The summed E-state index contributed by atoms with van der Waals surface area (Å²) in [6.45, 7) is 6.05. The molecule has 1 aliphatic heterocycles. The third-order valence-electron chi connectivity index (χ3n) is 2.50. The summed E-state index contributed by atoms with van der Waals surface area (Å²) in [5, 5.41) is 0. The molecule has 0 aromatic rings. The summed E-state index contributed by atoms with van der Waals surface area (Å²) in [6.07, 6.45) is 1.34. The summed E-state index contributed by atoms with van der Waals surface area (Å²) in [5.74, 6) is 0.125. The standard InChI is InChI=1S/C10H20N2O2/c1-8(2)12-6-7-14-9(10(12)13)4-3-5-11/h8-9H,3-7,11H2,1-2H3. The molecule has 1 amide bonds. The number of hydrogen-bond donors (Lipinski definition) is 1. The molecule has 4 heteroatoms. The molecule has 82 valence electrons. The topological polar surface area (TPSA) is 55.6 Å². The monoisotopic (exact) mass is 200 g/mol. The van der Waals surface area contributed by atoms with Crippen molar-refractivity contribution >= 4 is 5.91 Å². The third-order valence-corrected chi connectivity index (χ3v) is 2.50. The molecule has 0 bridgehead atoms. The first-order valence-electron chi connectivity index (χ1n) is 5.29. The Morgan fingerprint density at radius 3 is 2.93 bits per heavy atom. The minimum atomic E-state index is -0.255. The lowest BCUT2D eigenvalue weighted by Gasteiger charge is -2.35. The van der Waals surface area contributed by atoms with Crippen molar-refractivity contribution in [3.8, 4) is 0 Å². The van der Waals surface area contributed by atoms with Gasteiger partial charge in [-0.3, -0.25) is 4.79 Å². The lowest BCUT2D eigenvalue weighted by atomic mass is 10.1. The summed E-state index contributed by atoms with van der Waals surface area (Å²) in [7, 11) is 0. The number of amides is 1. The number of rotatable bonds is 4. The average Bonchev–Trinajstić information content (AvgIpc) is 2.16. The van der Waals surface area contributed by atoms with Crippen molar-refractivity contribution in [3.05, 3.63) is 0 Å². The van der Waals surface area contributed by atoms with Gasteiger partial charge in [-0.05, 0) is 33.2 Å². The molecule has 1 rings (SSSR count). The van der Waals surface area contributed by atoms with Crippen molar-refractivity contribution in [2.24, 2.45) is 5.73 Å². The fourth-order valence-corrected chi connectivity index (χ4v) is 1.68. The second-order valence-corrected chi connectivity index (χ2v) is 3.92. The summed E-state index contributed by atoms with van der Waals surface area (Å²) in [5.41, 5.74) is 5.41. The van der Waals surface area contributed by atoms with Gasteiger partial charge in [0.15, 0.2) is 0 Å². The van der Waals surface area contributed by atoms with Crippen LogP contribution in [0.1, 0.15) is 26.7 Å². The van der Waals surface area contributed by atoms with E-state index in [1.54, 1.807) is 0 Å². The van der Waals surface area contributed by atoms with Gasteiger partial charge in [0.1, 0.15) is 6.10 Å². The first-order valence-corrected chi connectivity index (χ1v) is 5.29. The maximum atomic E-state index is 11.8. The molecule has 1 saturated heterocycles. The van der Waals surface area contributed by atoms with Gasteiger partial charge >= 0.3 is 0 Å². The highest BCUT2D eigenvalue weighted by Crippen LogP contribution is 2.14. The van der Waals surface area contributed by atoms with E-state index in [4.69, 9.17) is 10.5 Å². The van der Waals surface area contributed by atoms with Crippen molar-refractivity contribution in [1.29, 1.82) is 0 Å². The highest BCUT2D eigenvalue weighted by molar-refractivity contribution is 5.81. The molecule has 1 atom stereocenters. The zero-order valence-corrected chi connectivity index (χ0v) is 9.03. The van der Waals surface area contributed by atoms with Gasteiger partial charge in [0.05, 0.1) is 6.61 Å². The summed E-state index contributed by atoms with van der Waals surface area (Å²) >= 11 is 0. The summed E-state index contributed by atoms with van der Waals surface area (Å²) < 4.78 is 5.43. The Morgan fingerprint density at radius 1 is 1.64 bits per heavy atom. The smallest absolute Gasteiger partial charge is 0.252 e. The van der Waals surface area contributed by atoms with E-state index in [2.05, 4.69) is 0 Å². The van der Waals surface area contributed by atoms with Crippen molar-refractivity contribution < 1.29 is 9.53 Å². The maximum Gasteiger partial charge on any atom is 0.252 e. The van der Waals surface area contributed by atoms with Gasteiger partial charge in [-0.1, -0.05) is 0 Å². The molecule has 14 heavy (non-hydrogen) atoms. The second-order valence-electron chi connectivity index (χ2n) is 3.92. The SMILES string of the molecule is CC(C)N1CCOC(CCCN)C1=O. The first-order chi connectivity index (χ1) is 6.66. The largest absolute Gasteiger partial charge is 0.367 e. The van der Waals surface area contributed by atoms with Crippen LogP contribution in [0.2, 0.25) is 0 Å². The van der Waals surface area contributed by atoms with Crippen LogP contribution in [0.15, 0.2) is 0 Å². The molecule has 4 nitrogen and oxygen atoms in total. The van der Waals surface area contributed by atoms with Gasteiger partial charge < -0.3 is 15.4 Å². The van der Waals surface area contributed by atoms with Gasteiger partial charge in [-0.25, -0.2) is 0 Å². The Kier molecular flexibility index (Phi) is 4.35. The first kappa shape index (κ1) is 11.5. The van der Waals surface area contributed by atoms with Gasteiger partial charge in [0, 0.05) is 12.6 Å². The Balaban J connectivity index is 2.48. The molecule has 0 radical (unpaired) electrons. The van der Waals surface area contributed by atoms with E-state index in [1.807, 2.05) is 18.7 Å².